The van der Waals surface area contributed by atoms with Gasteiger partial charge in [-0.05, 0) is 42.7 Å². The van der Waals surface area contributed by atoms with Gasteiger partial charge in [-0.15, -0.1) is 0 Å². The summed E-state index contributed by atoms with van der Waals surface area (Å²) in [6, 6.07) is 7.60. The Balaban J connectivity index is 1.61. The highest BCUT2D eigenvalue weighted by Crippen LogP contribution is 2.39. The van der Waals surface area contributed by atoms with Crippen LogP contribution in [0.1, 0.15) is 57.1 Å². The first-order valence-electron chi connectivity index (χ1n) is 10.6. The standard InChI is InChI=1S/C23H34N2O3/c1-18(2)9-13-25-17-23(11-8-21(25)27)10-3-12-24(16-23)22(28)14-19-4-6-20(15-26)7-5-19/h4-7,18,26H,3,8-17H2,1-2H3/t23-/m0/s1. The number of aliphatic hydroxyl groups excluding tert-OH is 1. The monoisotopic (exact) mass is 386 g/mol. The zero-order chi connectivity index (χ0) is 20.1. The van der Waals surface area contributed by atoms with Crippen molar-refractivity contribution < 1.29 is 14.7 Å². The molecule has 2 fully saturated rings. The molecule has 2 aliphatic heterocycles. The summed E-state index contributed by atoms with van der Waals surface area (Å²) in [6.45, 7) is 7.63. The Morgan fingerprint density at radius 3 is 2.54 bits per heavy atom. The van der Waals surface area contributed by atoms with Crippen LogP contribution >= 0.6 is 0 Å². The van der Waals surface area contributed by atoms with Gasteiger partial charge in [-0.2, -0.15) is 0 Å². The summed E-state index contributed by atoms with van der Waals surface area (Å²) in [4.78, 5) is 29.3. The molecule has 0 unspecified atom stereocenters. The molecule has 5 heteroatoms. The molecule has 1 aromatic rings. The van der Waals surface area contributed by atoms with Gasteiger partial charge >= 0.3 is 0 Å². The normalized spacial score (nSPS) is 22.9. The van der Waals surface area contributed by atoms with Crippen LogP contribution in [0.25, 0.3) is 0 Å². The van der Waals surface area contributed by atoms with Crippen LogP contribution in [0.4, 0.5) is 0 Å². The second-order valence-corrected chi connectivity index (χ2v) is 9.07. The number of hydrogen-bond donors (Lipinski definition) is 1. The van der Waals surface area contributed by atoms with E-state index < -0.39 is 0 Å². The van der Waals surface area contributed by atoms with Gasteiger partial charge in [0.05, 0.1) is 13.0 Å². The molecule has 1 N–H and O–H groups in total. The summed E-state index contributed by atoms with van der Waals surface area (Å²) in [5, 5.41) is 9.16. The minimum atomic E-state index is 0.0227. The Bertz CT molecular complexity index is 686. The number of amides is 2. The third-order valence-corrected chi connectivity index (χ3v) is 6.30. The van der Waals surface area contributed by atoms with Crippen molar-refractivity contribution in [1.82, 2.24) is 9.80 Å². The summed E-state index contributed by atoms with van der Waals surface area (Å²) in [7, 11) is 0. The van der Waals surface area contributed by atoms with Crippen molar-refractivity contribution in [3.05, 3.63) is 35.4 Å². The molecule has 5 nitrogen and oxygen atoms in total. The fraction of sp³-hybridized carbons (Fsp3) is 0.652. The van der Waals surface area contributed by atoms with Crippen LogP contribution in [0.3, 0.4) is 0 Å². The van der Waals surface area contributed by atoms with E-state index in [1.54, 1.807) is 0 Å². The summed E-state index contributed by atoms with van der Waals surface area (Å²) in [5.74, 6) is 1.03. The molecule has 0 aromatic heterocycles. The van der Waals surface area contributed by atoms with E-state index in [2.05, 4.69) is 13.8 Å². The van der Waals surface area contributed by atoms with Crippen molar-refractivity contribution in [3.63, 3.8) is 0 Å². The lowest BCUT2D eigenvalue weighted by atomic mass is 9.73. The molecule has 2 amide bonds. The predicted molar refractivity (Wildman–Crippen MR) is 110 cm³/mol. The molecule has 1 atom stereocenters. The van der Waals surface area contributed by atoms with E-state index in [1.807, 2.05) is 34.1 Å². The van der Waals surface area contributed by atoms with E-state index >= 15 is 0 Å². The molecule has 2 saturated heterocycles. The molecular formula is C23H34N2O3. The van der Waals surface area contributed by atoms with Crippen LogP contribution < -0.4 is 0 Å². The van der Waals surface area contributed by atoms with Gasteiger partial charge < -0.3 is 14.9 Å². The number of rotatable bonds is 6. The van der Waals surface area contributed by atoms with Gasteiger partial charge in [0.25, 0.3) is 0 Å². The minimum Gasteiger partial charge on any atom is -0.392 e. The SMILES string of the molecule is CC(C)CCN1C[C@@]2(CCCN(C(=O)Cc3ccc(CO)cc3)C2)CCC1=O. The molecule has 28 heavy (non-hydrogen) atoms. The van der Waals surface area contributed by atoms with Gasteiger partial charge in [-0.3, -0.25) is 9.59 Å². The Labute approximate surface area is 168 Å². The van der Waals surface area contributed by atoms with Crippen LogP contribution in [0.2, 0.25) is 0 Å². The highest BCUT2D eigenvalue weighted by atomic mass is 16.3. The molecule has 2 aliphatic rings. The smallest absolute Gasteiger partial charge is 0.227 e. The van der Waals surface area contributed by atoms with Gasteiger partial charge in [-0.25, -0.2) is 0 Å². The maximum Gasteiger partial charge on any atom is 0.227 e. The summed E-state index contributed by atoms with van der Waals surface area (Å²) < 4.78 is 0. The van der Waals surface area contributed by atoms with Crippen molar-refractivity contribution in [2.45, 2.75) is 59.0 Å². The van der Waals surface area contributed by atoms with E-state index in [0.29, 0.717) is 18.8 Å². The summed E-state index contributed by atoms with van der Waals surface area (Å²) in [5.41, 5.74) is 1.92. The van der Waals surface area contributed by atoms with E-state index in [1.165, 1.54) is 0 Å². The quantitative estimate of drug-likeness (QED) is 0.818. The van der Waals surface area contributed by atoms with Crippen molar-refractivity contribution in [1.29, 1.82) is 0 Å². The summed E-state index contributed by atoms with van der Waals surface area (Å²) in [6.07, 6.45) is 5.07. The van der Waals surface area contributed by atoms with Gasteiger partial charge in [0.15, 0.2) is 0 Å². The maximum absolute atomic E-state index is 12.9. The molecule has 3 rings (SSSR count). The Morgan fingerprint density at radius 1 is 1.14 bits per heavy atom. The lowest BCUT2D eigenvalue weighted by Gasteiger charge is -2.48. The molecule has 0 saturated carbocycles. The molecule has 1 aromatic carbocycles. The molecule has 1 spiro atoms. The fourth-order valence-electron chi connectivity index (χ4n) is 4.52. The van der Waals surface area contributed by atoms with E-state index in [0.717, 1.165) is 63.0 Å². The fourth-order valence-corrected chi connectivity index (χ4v) is 4.52. The van der Waals surface area contributed by atoms with Crippen molar-refractivity contribution in [2.24, 2.45) is 11.3 Å². The molecular weight excluding hydrogens is 352 g/mol. The van der Waals surface area contributed by atoms with E-state index in [4.69, 9.17) is 5.11 Å². The van der Waals surface area contributed by atoms with Crippen LogP contribution in [0.15, 0.2) is 24.3 Å². The van der Waals surface area contributed by atoms with Gasteiger partial charge in [0.2, 0.25) is 11.8 Å². The minimum absolute atomic E-state index is 0.0227. The van der Waals surface area contributed by atoms with Crippen LogP contribution in [0.5, 0.6) is 0 Å². The Kier molecular flexibility index (Phi) is 6.76. The Morgan fingerprint density at radius 2 is 1.86 bits per heavy atom. The average molecular weight is 387 g/mol. The largest absolute Gasteiger partial charge is 0.392 e. The molecule has 154 valence electrons. The van der Waals surface area contributed by atoms with Crippen molar-refractivity contribution in [2.75, 3.05) is 26.2 Å². The van der Waals surface area contributed by atoms with Crippen molar-refractivity contribution in [3.8, 4) is 0 Å². The number of piperidine rings is 2. The summed E-state index contributed by atoms with van der Waals surface area (Å²) >= 11 is 0. The van der Waals surface area contributed by atoms with Crippen LogP contribution in [-0.4, -0.2) is 52.9 Å². The van der Waals surface area contributed by atoms with Crippen molar-refractivity contribution >= 4 is 11.8 Å². The van der Waals surface area contributed by atoms with Crippen LogP contribution in [0, 0.1) is 11.3 Å². The van der Waals surface area contributed by atoms with Gasteiger partial charge in [-0.1, -0.05) is 38.1 Å². The number of hydrogen-bond acceptors (Lipinski definition) is 3. The average Bonchev–Trinajstić information content (AvgIpc) is 2.69. The number of benzene rings is 1. The van der Waals surface area contributed by atoms with Gasteiger partial charge in [0, 0.05) is 38.0 Å². The molecule has 0 radical (unpaired) electrons. The predicted octanol–water partition coefficient (Wildman–Crippen LogP) is 3.00. The number of nitrogens with zero attached hydrogens (tertiary/aromatic N) is 2. The highest BCUT2D eigenvalue weighted by molar-refractivity contribution is 5.79. The zero-order valence-corrected chi connectivity index (χ0v) is 17.3. The topological polar surface area (TPSA) is 60.9 Å². The van der Waals surface area contributed by atoms with Gasteiger partial charge in [0.1, 0.15) is 0 Å². The number of carbonyl (C=O) groups is 2. The number of likely N-dealkylation sites (tertiary alicyclic amines) is 2. The highest BCUT2D eigenvalue weighted by Gasteiger charge is 2.42. The lowest BCUT2D eigenvalue weighted by Crippen LogP contribution is -2.55. The zero-order valence-electron chi connectivity index (χ0n) is 17.3. The second-order valence-electron chi connectivity index (χ2n) is 9.07. The first kappa shape index (κ1) is 20.8. The maximum atomic E-state index is 12.9. The van der Waals surface area contributed by atoms with E-state index in [9.17, 15) is 9.59 Å². The second kappa shape index (κ2) is 9.08. The first-order chi connectivity index (χ1) is 13.4. The van der Waals surface area contributed by atoms with E-state index in [-0.39, 0.29) is 23.8 Å². The van der Waals surface area contributed by atoms with Crippen LogP contribution in [-0.2, 0) is 22.6 Å². The molecule has 2 heterocycles. The molecule has 0 bridgehead atoms. The lowest BCUT2D eigenvalue weighted by molar-refractivity contribution is -0.142. The number of aliphatic hydroxyl groups is 1. The number of carbonyl (C=O) groups excluding carboxylic acids is 2. The third kappa shape index (κ3) is 5.13. The molecule has 0 aliphatic carbocycles. The third-order valence-electron chi connectivity index (χ3n) is 6.30. The first-order valence-corrected chi connectivity index (χ1v) is 10.6. The Hall–Kier alpha value is -1.88.